The zero-order chi connectivity index (χ0) is 19.7. The highest BCUT2D eigenvalue weighted by molar-refractivity contribution is 5.80. The summed E-state index contributed by atoms with van der Waals surface area (Å²) in [5.41, 5.74) is 0. The van der Waals surface area contributed by atoms with Gasteiger partial charge >= 0.3 is 0 Å². The quantitative estimate of drug-likeness (QED) is 0.773. The average Bonchev–Trinajstić information content (AvgIpc) is 3.25. The van der Waals surface area contributed by atoms with E-state index in [4.69, 9.17) is 4.42 Å². The number of rotatable bonds is 5. The van der Waals surface area contributed by atoms with Gasteiger partial charge in [-0.2, -0.15) is 0 Å². The number of hydrogen-bond acceptors (Lipinski definition) is 3. The van der Waals surface area contributed by atoms with Crippen molar-refractivity contribution in [3.8, 4) is 0 Å². The molecule has 4 rings (SSSR count). The Bertz CT molecular complexity index is 704. The van der Waals surface area contributed by atoms with Crippen molar-refractivity contribution in [2.45, 2.75) is 64.7 Å². The lowest BCUT2D eigenvalue weighted by Gasteiger charge is -2.37. The van der Waals surface area contributed by atoms with E-state index in [2.05, 4.69) is 24.8 Å². The van der Waals surface area contributed by atoms with Gasteiger partial charge in [0.1, 0.15) is 11.5 Å². The number of carbonyl (C=O) groups excluding carboxylic acids is 2. The number of hydrogen-bond donors (Lipinski definition) is 0. The number of nitrogens with zero attached hydrogens (tertiary/aromatic N) is 2. The molecule has 3 unspecified atom stereocenters. The third-order valence-electron chi connectivity index (χ3n) is 6.91. The minimum atomic E-state index is 0.0995. The highest BCUT2D eigenvalue weighted by Gasteiger charge is 2.36. The SMILES string of the molecule is CC1CCCN(C(=O)C2CCN(C(=O)CCc3ccc(C4CC4C)o3)CC2)C1. The van der Waals surface area contributed by atoms with Crippen LogP contribution in [0.25, 0.3) is 0 Å². The molecule has 1 saturated carbocycles. The second-order valence-corrected chi connectivity index (χ2v) is 9.31. The van der Waals surface area contributed by atoms with Crippen molar-refractivity contribution in [3.63, 3.8) is 0 Å². The lowest BCUT2D eigenvalue weighted by atomic mass is 9.92. The Morgan fingerprint density at radius 2 is 1.82 bits per heavy atom. The largest absolute Gasteiger partial charge is 0.466 e. The number of aryl methyl sites for hydroxylation is 1. The standard InChI is InChI=1S/C23H34N2O3/c1-16-4-3-11-25(15-16)23(27)18-9-12-24(13-10-18)22(26)8-6-19-5-7-21(28-19)20-14-17(20)2/h5,7,16-18,20H,3-4,6,8-15H2,1-2H3. The van der Waals surface area contributed by atoms with Gasteiger partial charge in [-0.25, -0.2) is 0 Å². The van der Waals surface area contributed by atoms with Crippen LogP contribution >= 0.6 is 0 Å². The fraction of sp³-hybridized carbons (Fsp3) is 0.739. The predicted molar refractivity (Wildman–Crippen MR) is 108 cm³/mol. The summed E-state index contributed by atoms with van der Waals surface area (Å²) >= 11 is 0. The van der Waals surface area contributed by atoms with Gasteiger partial charge in [0.05, 0.1) is 0 Å². The molecule has 2 amide bonds. The molecule has 3 aliphatic rings. The topological polar surface area (TPSA) is 53.8 Å². The average molecular weight is 387 g/mol. The van der Waals surface area contributed by atoms with Gasteiger partial charge in [-0.3, -0.25) is 9.59 Å². The summed E-state index contributed by atoms with van der Waals surface area (Å²) in [5, 5.41) is 0. The van der Waals surface area contributed by atoms with Crippen molar-refractivity contribution in [3.05, 3.63) is 23.7 Å². The molecule has 0 aromatic carbocycles. The maximum absolute atomic E-state index is 12.8. The molecule has 5 nitrogen and oxygen atoms in total. The summed E-state index contributed by atoms with van der Waals surface area (Å²) in [4.78, 5) is 29.4. The van der Waals surface area contributed by atoms with Gasteiger partial charge in [-0.1, -0.05) is 13.8 Å². The molecule has 2 saturated heterocycles. The smallest absolute Gasteiger partial charge is 0.225 e. The van der Waals surface area contributed by atoms with E-state index in [1.54, 1.807) is 0 Å². The van der Waals surface area contributed by atoms with Crippen LogP contribution in [0.4, 0.5) is 0 Å². The van der Waals surface area contributed by atoms with E-state index in [0.717, 1.165) is 49.8 Å². The number of amides is 2. The van der Waals surface area contributed by atoms with Gasteiger partial charge in [0, 0.05) is 50.9 Å². The zero-order valence-electron chi connectivity index (χ0n) is 17.4. The zero-order valence-corrected chi connectivity index (χ0v) is 17.4. The minimum Gasteiger partial charge on any atom is -0.466 e. The first-order chi connectivity index (χ1) is 13.5. The highest BCUT2D eigenvalue weighted by Crippen LogP contribution is 2.47. The van der Waals surface area contributed by atoms with Crippen molar-refractivity contribution < 1.29 is 14.0 Å². The normalized spacial score (nSPS) is 28.4. The maximum atomic E-state index is 12.8. The van der Waals surface area contributed by atoms with Crippen molar-refractivity contribution in [2.24, 2.45) is 17.8 Å². The Morgan fingerprint density at radius 3 is 2.50 bits per heavy atom. The van der Waals surface area contributed by atoms with Crippen LogP contribution in [0.5, 0.6) is 0 Å². The second-order valence-electron chi connectivity index (χ2n) is 9.31. The number of piperidine rings is 2. The third-order valence-corrected chi connectivity index (χ3v) is 6.91. The van der Waals surface area contributed by atoms with Gasteiger partial charge in [0.2, 0.25) is 11.8 Å². The highest BCUT2D eigenvalue weighted by atomic mass is 16.3. The van der Waals surface area contributed by atoms with Gasteiger partial charge in [-0.05, 0) is 56.1 Å². The fourth-order valence-corrected chi connectivity index (χ4v) is 4.86. The van der Waals surface area contributed by atoms with Gasteiger partial charge in [0.25, 0.3) is 0 Å². The summed E-state index contributed by atoms with van der Waals surface area (Å²) < 4.78 is 5.92. The van der Waals surface area contributed by atoms with Gasteiger partial charge < -0.3 is 14.2 Å². The molecule has 0 N–H and O–H groups in total. The second kappa shape index (κ2) is 8.30. The van der Waals surface area contributed by atoms with Crippen LogP contribution in [0.2, 0.25) is 0 Å². The molecule has 154 valence electrons. The number of carbonyl (C=O) groups is 2. The van der Waals surface area contributed by atoms with Crippen LogP contribution in [0.15, 0.2) is 16.5 Å². The maximum Gasteiger partial charge on any atom is 0.225 e. The van der Waals surface area contributed by atoms with E-state index < -0.39 is 0 Å². The van der Waals surface area contributed by atoms with E-state index >= 15 is 0 Å². The van der Waals surface area contributed by atoms with Crippen LogP contribution in [0.1, 0.15) is 69.8 Å². The molecular formula is C23H34N2O3. The first-order valence-corrected chi connectivity index (χ1v) is 11.2. The first-order valence-electron chi connectivity index (χ1n) is 11.2. The first kappa shape index (κ1) is 19.5. The predicted octanol–water partition coefficient (Wildman–Crippen LogP) is 3.83. The molecule has 0 spiro atoms. The molecule has 28 heavy (non-hydrogen) atoms. The lowest BCUT2D eigenvalue weighted by molar-refractivity contribution is -0.142. The minimum absolute atomic E-state index is 0.0995. The van der Waals surface area contributed by atoms with Crippen molar-refractivity contribution >= 4 is 11.8 Å². The van der Waals surface area contributed by atoms with Crippen molar-refractivity contribution in [1.29, 1.82) is 0 Å². The monoisotopic (exact) mass is 386 g/mol. The molecule has 1 aromatic rings. The van der Waals surface area contributed by atoms with Crippen LogP contribution in [0, 0.1) is 17.8 Å². The van der Waals surface area contributed by atoms with Crippen molar-refractivity contribution in [1.82, 2.24) is 9.80 Å². The Balaban J connectivity index is 1.20. The van der Waals surface area contributed by atoms with Gasteiger partial charge in [0.15, 0.2) is 0 Å². The molecule has 3 fully saturated rings. The lowest BCUT2D eigenvalue weighted by Crippen LogP contribution is -2.47. The van der Waals surface area contributed by atoms with E-state index in [9.17, 15) is 9.59 Å². The Morgan fingerprint density at radius 1 is 1.07 bits per heavy atom. The van der Waals surface area contributed by atoms with Crippen LogP contribution in [-0.2, 0) is 16.0 Å². The molecule has 1 aromatic heterocycles. The van der Waals surface area contributed by atoms with Crippen LogP contribution < -0.4 is 0 Å². The van der Waals surface area contributed by atoms with E-state index in [1.807, 2.05) is 11.0 Å². The fourth-order valence-electron chi connectivity index (χ4n) is 4.86. The summed E-state index contributed by atoms with van der Waals surface area (Å²) in [5.74, 6) is 4.55. The van der Waals surface area contributed by atoms with Crippen LogP contribution in [0.3, 0.4) is 0 Å². The molecule has 2 aliphatic heterocycles. The summed E-state index contributed by atoms with van der Waals surface area (Å²) in [6, 6.07) is 4.10. The number of furan rings is 1. The summed E-state index contributed by atoms with van der Waals surface area (Å²) in [6.07, 6.45) is 6.35. The molecule has 0 radical (unpaired) electrons. The third kappa shape index (κ3) is 4.44. The van der Waals surface area contributed by atoms with E-state index in [0.29, 0.717) is 43.7 Å². The molecule has 3 atom stereocenters. The van der Waals surface area contributed by atoms with Gasteiger partial charge in [-0.15, -0.1) is 0 Å². The molecule has 0 bridgehead atoms. The molecular weight excluding hydrogens is 352 g/mol. The Hall–Kier alpha value is -1.78. The Labute approximate surface area is 168 Å². The molecule has 5 heteroatoms. The molecule has 1 aliphatic carbocycles. The number of likely N-dealkylation sites (tertiary alicyclic amines) is 2. The summed E-state index contributed by atoms with van der Waals surface area (Å²) in [7, 11) is 0. The van der Waals surface area contributed by atoms with E-state index in [1.165, 1.54) is 12.8 Å². The molecule has 3 heterocycles. The van der Waals surface area contributed by atoms with E-state index in [-0.39, 0.29) is 11.8 Å². The van der Waals surface area contributed by atoms with Crippen molar-refractivity contribution in [2.75, 3.05) is 26.2 Å². The summed E-state index contributed by atoms with van der Waals surface area (Å²) in [6.45, 7) is 7.71. The van der Waals surface area contributed by atoms with Crippen LogP contribution in [-0.4, -0.2) is 47.8 Å². The Kier molecular flexibility index (Phi) is 5.79.